The SMILES string of the molecule is CC(N)c1ccc(Br)cc1OCCC1CCCC1. The van der Waals surface area contributed by atoms with Crippen LogP contribution in [-0.2, 0) is 0 Å². The highest BCUT2D eigenvalue weighted by molar-refractivity contribution is 9.10. The molecule has 0 spiro atoms. The fraction of sp³-hybridized carbons (Fsp3) is 0.600. The Balaban J connectivity index is 1.92. The third-order valence-electron chi connectivity index (χ3n) is 3.72. The molecule has 1 saturated carbocycles. The molecule has 1 aliphatic rings. The van der Waals surface area contributed by atoms with Gasteiger partial charge < -0.3 is 10.5 Å². The van der Waals surface area contributed by atoms with Gasteiger partial charge in [-0.05, 0) is 31.4 Å². The molecule has 2 N–H and O–H groups in total. The Hall–Kier alpha value is -0.540. The largest absolute Gasteiger partial charge is 0.493 e. The minimum atomic E-state index is 0.0135. The van der Waals surface area contributed by atoms with E-state index in [1.807, 2.05) is 25.1 Å². The first kappa shape index (κ1) is 13.9. The van der Waals surface area contributed by atoms with Gasteiger partial charge in [0.05, 0.1) is 6.61 Å². The van der Waals surface area contributed by atoms with Crippen LogP contribution in [0.5, 0.6) is 5.75 Å². The quantitative estimate of drug-likeness (QED) is 0.873. The summed E-state index contributed by atoms with van der Waals surface area (Å²) < 4.78 is 6.98. The Kier molecular flexibility index (Phi) is 5.07. The first-order valence-corrected chi connectivity index (χ1v) is 7.64. The van der Waals surface area contributed by atoms with E-state index in [1.54, 1.807) is 0 Å². The van der Waals surface area contributed by atoms with Crippen molar-refractivity contribution in [2.24, 2.45) is 11.7 Å². The molecule has 2 rings (SSSR count). The molecule has 0 aromatic heterocycles. The van der Waals surface area contributed by atoms with Gasteiger partial charge in [-0.2, -0.15) is 0 Å². The van der Waals surface area contributed by atoms with E-state index in [2.05, 4.69) is 15.9 Å². The summed E-state index contributed by atoms with van der Waals surface area (Å²) in [5.41, 5.74) is 7.05. The average Bonchev–Trinajstić information content (AvgIpc) is 2.82. The first-order chi connectivity index (χ1) is 8.66. The maximum absolute atomic E-state index is 5.96. The standard InChI is InChI=1S/C15H22BrNO/c1-11(17)14-7-6-13(16)10-15(14)18-9-8-12-4-2-3-5-12/h6-7,10-12H,2-5,8-9,17H2,1H3. The monoisotopic (exact) mass is 311 g/mol. The summed E-state index contributed by atoms with van der Waals surface area (Å²) in [5.74, 6) is 1.80. The van der Waals surface area contributed by atoms with E-state index in [9.17, 15) is 0 Å². The maximum Gasteiger partial charge on any atom is 0.125 e. The lowest BCUT2D eigenvalue weighted by Crippen LogP contribution is -2.10. The van der Waals surface area contributed by atoms with Gasteiger partial charge in [-0.3, -0.25) is 0 Å². The van der Waals surface area contributed by atoms with E-state index in [4.69, 9.17) is 10.5 Å². The van der Waals surface area contributed by atoms with Gasteiger partial charge in [0.25, 0.3) is 0 Å². The van der Waals surface area contributed by atoms with Gasteiger partial charge in [0.15, 0.2) is 0 Å². The molecular formula is C15H22BrNO. The van der Waals surface area contributed by atoms with Gasteiger partial charge in [-0.15, -0.1) is 0 Å². The molecule has 0 saturated heterocycles. The third kappa shape index (κ3) is 3.72. The second-order valence-electron chi connectivity index (χ2n) is 5.26. The van der Waals surface area contributed by atoms with Crippen LogP contribution in [-0.4, -0.2) is 6.61 Å². The van der Waals surface area contributed by atoms with Crippen LogP contribution < -0.4 is 10.5 Å². The Labute approximate surface area is 118 Å². The molecule has 0 amide bonds. The predicted octanol–water partition coefficient (Wildman–Crippen LogP) is 4.43. The summed E-state index contributed by atoms with van der Waals surface area (Å²) in [6, 6.07) is 6.09. The Morgan fingerprint density at radius 1 is 1.39 bits per heavy atom. The number of rotatable bonds is 5. The number of benzene rings is 1. The molecule has 3 heteroatoms. The van der Waals surface area contributed by atoms with Gasteiger partial charge in [0.2, 0.25) is 0 Å². The topological polar surface area (TPSA) is 35.2 Å². The first-order valence-electron chi connectivity index (χ1n) is 6.84. The van der Waals surface area contributed by atoms with Crippen molar-refractivity contribution < 1.29 is 4.74 Å². The molecule has 1 unspecified atom stereocenters. The summed E-state index contributed by atoms with van der Waals surface area (Å²) in [6.45, 7) is 2.80. The highest BCUT2D eigenvalue weighted by atomic mass is 79.9. The maximum atomic E-state index is 5.96. The zero-order chi connectivity index (χ0) is 13.0. The van der Waals surface area contributed by atoms with Crippen molar-refractivity contribution in [3.05, 3.63) is 28.2 Å². The highest BCUT2D eigenvalue weighted by Crippen LogP contribution is 2.30. The van der Waals surface area contributed by atoms with Gasteiger partial charge in [0.1, 0.15) is 5.75 Å². The summed E-state index contributed by atoms with van der Waals surface area (Å²) >= 11 is 3.48. The van der Waals surface area contributed by atoms with E-state index in [-0.39, 0.29) is 6.04 Å². The van der Waals surface area contributed by atoms with Crippen molar-refractivity contribution in [3.63, 3.8) is 0 Å². The summed E-state index contributed by atoms with van der Waals surface area (Å²) in [5, 5.41) is 0. The minimum Gasteiger partial charge on any atom is -0.493 e. The van der Waals surface area contributed by atoms with Crippen LogP contribution in [0.3, 0.4) is 0 Å². The lowest BCUT2D eigenvalue weighted by Gasteiger charge is -2.16. The lowest BCUT2D eigenvalue weighted by molar-refractivity contribution is 0.275. The van der Waals surface area contributed by atoms with Crippen molar-refractivity contribution in [2.75, 3.05) is 6.61 Å². The highest BCUT2D eigenvalue weighted by Gasteiger charge is 2.15. The molecule has 0 bridgehead atoms. The molecule has 0 aliphatic heterocycles. The molecule has 1 aliphatic carbocycles. The molecular weight excluding hydrogens is 290 g/mol. The molecule has 18 heavy (non-hydrogen) atoms. The molecule has 0 radical (unpaired) electrons. The number of nitrogens with two attached hydrogens (primary N) is 1. The van der Waals surface area contributed by atoms with Crippen molar-refractivity contribution in [2.45, 2.75) is 45.1 Å². The second kappa shape index (κ2) is 6.58. The van der Waals surface area contributed by atoms with Crippen LogP contribution in [0.1, 0.15) is 50.6 Å². The van der Waals surface area contributed by atoms with Crippen LogP contribution in [0, 0.1) is 5.92 Å². The van der Waals surface area contributed by atoms with Crippen molar-refractivity contribution >= 4 is 15.9 Å². The predicted molar refractivity (Wildman–Crippen MR) is 78.8 cm³/mol. The van der Waals surface area contributed by atoms with E-state index in [0.29, 0.717) is 0 Å². The fourth-order valence-electron chi connectivity index (χ4n) is 2.64. The number of hydrogen-bond acceptors (Lipinski definition) is 2. The van der Waals surface area contributed by atoms with Gasteiger partial charge >= 0.3 is 0 Å². The molecule has 1 aromatic rings. The van der Waals surface area contributed by atoms with Crippen molar-refractivity contribution in [1.29, 1.82) is 0 Å². The van der Waals surface area contributed by atoms with Crippen LogP contribution in [0.25, 0.3) is 0 Å². The molecule has 1 fully saturated rings. The van der Waals surface area contributed by atoms with Crippen LogP contribution in [0.4, 0.5) is 0 Å². The van der Waals surface area contributed by atoms with Crippen molar-refractivity contribution in [1.82, 2.24) is 0 Å². The van der Waals surface area contributed by atoms with E-state index < -0.39 is 0 Å². The molecule has 1 atom stereocenters. The second-order valence-corrected chi connectivity index (χ2v) is 6.17. The van der Waals surface area contributed by atoms with Gasteiger partial charge in [-0.1, -0.05) is 47.7 Å². The summed E-state index contributed by atoms with van der Waals surface area (Å²) in [7, 11) is 0. The third-order valence-corrected chi connectivity index (χ3v) is 4.22. The summed E-state index contributed by atoms with van der Waals surface area (Å²) in [4.78, 5) is 0. The Morgan fingerprint density at radius 2 is 2.11 bits per heavy atom. The molecule has 2 nitrogen and oxygen atoms in total. The Bertz CT molecular complexity index is 386. The van der Waals surface area contributed by atoms with Crippen LogP contribution in [0.15, 0.2) is 22.7 Å². The van der Waals surface area contributed by atoms with E-state index in [0.717, 1.165) is 28.3 Å². The normalized spacial score (nSPS) is 17.9. The fourth-order valence-corrected chi connectivity index (χ4v) is 2.98. The van der Waals surface area contributed by atoms with Crippen LogP contribution in [0.2, 0.25) is 0 Å². The molecule has 100 valence electrons. The Morgan fingerprint density at radius 3 is 2.78 bits per heavy atom. The zero-order valence-corrected chi connectivity index (χ0v) is 12.6. The number of hydrogen-bond donors (Lipinski definition) is 1. The van der Waals surface area contributed by atoms with Crippen molar-refractivity contribution in [3.8, 4) is 5.75 Å². The number of ether oxygens (including phenoxy) is 1. The number of halogens is 1. The molecule has 1 aromatic carbocycles. The van der Waals surface area contributed by atoms with Gasteiger partial charge in [0, 0.05) is 16.1 Å². The van der Waals surface area contributed by atoms with E-state index >= 15 is 0 Å². The van der Waals surface area contributed by atoms with Crippen LogP contribution >= 0.6 is 15.9 Å². The van der Waals surface area contributed by atoms with Gasteiger partial charge in [-0.25, -0.2) is 0 Å². The lowest BCUT2D eigenvalue weighted by atomic mass is 10.1. The molecule has 0 heterocycles. The zero-order valence-electron chi connectivity index (χ0n) is 11.0. The minimum absolute atomic E-state index is 0.0135. The summed E-state index contributed by atoms with van der Waals surface area (Å²) in [6.07, 6.45) is 6.72. The smallest absolute Gasteiger partial charge is 0.125 e. The average molecular weight is 312 g/mol. The van der Waals surface area contributed by atoms with E-state index in [1.165, 1.54) is 32.1 Å².